The summed E-state index contributed by atoms with van der Waals surface area (Å²) < 4.78 is 45.5. The number of anilines is 1. The van der Waals surface area contributed by atoms with Crippen molar-refractivity contribution in [2.45, 2.75) is 25.9 Å². The third-order valence-electron chi connectivity index (χ3n) is 4.02. The van der Waals surface area contributed by atoms with Crippen LogP contribution in [0.15, 0.2) is 36.4 Å². The summed E-state index contributed by atoms with van der Waals surface area (Å²) in [7, 11) is 0. The van der Waals surface area contributed by atoms with Crippen LogP contribution in [-0.4, -0.2) is 13.1 Å². The molecule has 2 aromatic carbocycles. The second-order valence-electron chi connectivity index (χ2n) is 5.66. The molecule has 130 valence electrons. The summed E-state index contributed by atoms with van der Waals surface area (Å²) in [6.45, 7) is 1.97. The van der Waals surface area contributed by atoms with Crippen LogP contribution in [0.25, 0.3) is 0 Å². The van der Waals surface area contributed by atoms with Crippen molar-refractivity contribution in [2.75, 3.05) is 18.0 Å². The number of nitrogens with zero attached hydrogens (tertiary/aromatic N) is 1. The average molecular weight is 358 g/mol. The molecule has 0 N–H and O–H groups in total. The molecular weight excluding hydrogens is 339 g/mol. The van der Waals surface area contributed by atoms with Gasteiger partial charge in [0.25, 0.3) is 0 Å². The lowest BCUT2D eigenvalue weighted by molar-refractivity contribution is 0.272. The zero-order valence-electron chi connectivity index (χ0n) is 13.1. The predicted molar refractivity (Wildman–Crippen MR) is 90.4 cm³/mol. The van der Waals surface area contributed by atoms with E-state index >= 15 is 0 Å². The maximum Gasteiger partial charge on any atom is 0.191 e. The molecule has 6 heteroatoms. The number of benzene rings is 2. The highest BCUT2D eigenvalue weighted by Gasteiger charge is 2.17. The first-order chi connectivity index (χ1) is 11.1. The van der Waals surface area contributed by atoms with E-state index < -0.39 is 23.2 Å². The minimum absolute atomic E-state index is 0. The van der Waals surface area contributed by atoms with E-state index in [4.69, 9.17) is 4.74 Å². The summed E-state index contributed by atoms with van der Waals surface area (Å²) >= 11 is 0. The topological polar surface area (TPSA) is 12.5 Å². The molecule has 2 aromatic rings. The van der Waals surface area contributed by atoms with Crippen molar-refractivity contribution >= 4 is 18.1 Å². The summed E-state index contributed by atoms with van der Waals surface area (Å²) in [5, 5.41) is 0. The molecule has 24 heavy (non-hydrogen) atoms. The number of para-hydroxylation sites is 1. The van der Waals surface area contributed by atoms with Gasteiger partial charge in [0.1, 0.15) is 12.4 Å². The highest BCUT2D eigenvalue weighted by atomic mass is 35.5. The lowest BCUT2D eigenvalue weighted by atomic mass is 10.1. The van der Waals surface area contributed by atoms with E-state index in [9.17, 15) is 13.2 Å². The van der Waals surface area contributed by atoms with Crippen LogP contribution in [0.3, 0.4) is 0 Å². The standard InChI is InChI=1S/C18H18F3NO.ClH/c19-14-10-15(20)18(16(21)11-14)23-12-13-6-2-3-7-17(13)22-8-4-1-5-9-22;/h2-3,6-7,10-11H,1,4-5,8-9,12H2;1H. The van der Waals surface area contributed by atoms with Gasteiger partial charge in [0.05, 0.1) is 0 Å². The molecular formula is C18H19ClF3NO. The van der Waals surface area contributed by atoms with Crippen molar-refractivity contribution in [3.8, 4) is 5.75 Å². The van der Waals surface area contributed by atoms with Crippen LogP contribution < -0.4 is 9.64 Å². The van der Waals surface area contributed by atoms with Gasteiger partial charge < -0.3 is 9.64 Å². The van der Waals surface area contributed by atoms with Gasteiger partial charge >= 0.3 is 0 Å². The van der Waals surface area contributed by atoms with Gasteiger partial charge in [-0.2, -0.15) is 0 Å². The molecule has 1 saturated heterocycles. The molecule has 0 aliphatic carbocycles. The fraction of sp³-hybridized carbons (Fsp3) is 0.333. The maximum atomic E-state index is 13.7. The Labute approximate surface area is 145 Å². The number of piperidine rings is 1. The number of ether oxygens (including phenoxy) is 1. The van der Waals surface area contributed by atoms with Crippen molar-refractivity contribution in [2.24, 2.45) is 0 Å². The molecule has 0 amide bonds. The largest absolute Gasteiger partial charge is 0.483 e. The SMILES string of the molecule is Cl.Fc1cc(F)c(OCc2ccccc2N2CCCCC2)c(F)c1. The average Bonchev–Trinajstić information content (AvgIpc) is 2.55. The minimum atomic E-state index is -1.03. The summed E-state index contributed by atoms with van der Waals surface area (Å²) in [5.74, 6) is -3.56. The third kappa shape index (κ3) is 4.15. The van der Waals surface area contributed by atoms with Gasteiger partial charge in [-0.1, -0.05) is 18.2 Å². The highest BCUT2D eigenvalue weighted by molar-refractivity contribution is 5.85. The molecule has 0 spiro atoms. The van der Waals surface area contributed by atoms with Crippen LogP contribution in [0, 0.1) is 17.5 Å². The first-order valence-electron chi connectivity index (χ1n) is 7.75. The fourth-order valence-electron chi connectivity index (χ4n) is 2.89. The number of hydrogen-bond donors (Lipinski definition) is 0. The number of rotatable bonds is 4. The van der Waals surface area contributed by atoms with Gasteiger partial charge in [0.2, 0.25) is 0 Å². The Morgan fingerprint density at radius 2 is 1.54 bits per heavy atom. The quantitative estimate of drug-likeness (QED) is 0.755. The van der Waals surface area contributed by atoms with Crippen LogP contribution >= 0.6 is 12.4 Å². The van der Waals surface area contributed by atoms with Crippen LogP contribution in [0.1, 0.15) is 24.8 Å². The Morgan fingerprint density at radius 1 is 0.917 bits per heavy atom. The molecule has 1 aliphatic heterocycles. The molecule has 2 nitrogen and oxygen atoms in total. The molecule has 1 heterocycles. The van der Waals surface area contributed by atoms with Crippen LogP contribution in [0.4, 0.5) is 18.9 Å². The van der Waals surface area contributed by atoms with E-state index in [1.807, 2.05) is 24.3 Å². The Balaban J connectivity index is 0.00000208. The lowest BCUT2D eigenvalue weighted by Gasteiger charge is -2.30. The molecule has 0 radical (unpaired) electrons. The molecule has 0 unspecified atom stereocenters. The lowest BCUT2D eigenvalue weighted by Crippen LogP contribution is -2.30. The first kappa shape index (κ1) is 18.5. The number of hydrogen-bond acceptors (Lipinski definition) is 2. The van der Waals surface area contributed by atoms with E-state index in [0.717, 1.165) is 37.2 Å². The van der Waals surface area contributed by atoms with Crippen LogP contribution in [0.5, 0.6) is 5.75 Å². The minimum Gasteiger partial charge on any atom is -0.483 e. The molecule has 1 aliphatic rings. The Hall–Kier alpha value is -1.88. The Kier molecular flexibility index (Phi) is 6.37. The first-order valence-corrected chi connectivity index (χ1v) is 7.75. The van der Waals surface area contributed by atoms with Gasteiger partial charge in [-0.3, -0.25) is 0 Å². The zero-order valence-corrected chi connectivity index (χ0v) is 13.9. The highest BCUT2D eigenvalue weighted by Crippen LogP contribution is 2.28. The third-order valence-corrected chi connectivity index (χ3v) is 4.02. The van der Waals surface area contributed by atoms with Crippen LogP contribution in [-0.2, 0) is 6.61 Å². The van der Waals surface area contributed by atoms with Gasteiger partial charge in [-0.25, -0.2) is 13.2 Å². The number of halogens is 4. The maximum absolute atomic E-state index is 13.7. The smallest absolute Gasteiger partial charge is 0.191 e. The summed E-state index contributed by atoms with van der Waals surface area (Å²) in [4.78, 5) is 2.26. The van der Waals surface area contributed by atoms with E-state index in [-0.39, 0.29) is 19.0 Å². The van der Waals surface area contributed by atoms with Crippen LogP contribution in [0.2, 0.25) is 0 Å². The fourth-order valence-corrected chi connectivity index (χ4v) is 2.89. The van der Waals surface area contributed by atoms with Crippen molar-refractivity contribution in [3.63, 3.8) is 0 Å². The molecule has 0 bridgehead atoms. The molecule has 3 rings (SSSR count). The monoisotopic (exact) mass is 357 g/mol. The van der Waals surface area contributed by atoms with Gasteiger partial charge in [0, 0.05) is 36.5 Å². The van der Waals surface area contributed by atoms with Crippen molar-refractivity contribution in [1.29, 1.82) is 0 Å². The normalized spacial score (nSPS) is 14.2. The van der Waals surface area contributed by atoms with E-state index in [0.29, 0.717) is 12.1 Å². The molecule has 0 saturated carbocycles. The molecule has 1 fully saturated rings. The summed E-state index contributed by atoms with van der Waals surface area (Å²) in [6.07, 6.45) is 3.49. The van der Waals surface area contributed by atoms with Gasteiger partial charge in [0.15, 0.2) is 17.4 Å². The summed E-state index contributed by atoms with van der Waals surface area (Å²) in [6, 6.07) is 8.91. The summed E-state index contributed by atoms with van der Waals surface area (Å²) in [5.41, 5.74) is 1.88. The van der Waals surface area contributed by atoms with Crippen molar-refractivity contribution in [3.05, 3.63) is 59.4 Å². The second kappa shape index (κ2) is 8.29. The molecule has 0 atom stereocenters. The Morgan fingerprint density at radius 3 is 2.21 bits per heavy atom. The zero-order chi connectivity index (χ0) is 16.2. The van der Waals surface area contributed by atoms with E-state index in [1.165, 1.54) is 6.42 Å². The van der Waals surface area contributed by atoms with Gasteiger partial charge in [-0.05, 0) is 25.3 Å². The molecule has 0 aromatic heterocycles. The van der Waals surface area contributed by atoms with Crippen molar-refractivity contribution in [1.82, 2.24) is 0 Å². The predicted octanol–water partition coefficient (Wildman–Crippen LogP) is 5.10. The van der Waals surface area contributed by atoms with Gasteiger partial charge in [-0.15, -0.1) is 12.4 Å². The Bertz CT molecular complexity index is 667. The van der Waals surface area contributed by atoms with E-state index in [2.05, 4.69) is 4.90 Å². The van der Waals surface area contributed by atoms with Crippen molar-refractivity contribution < 1.29 is 17.9 Å². The second-order valence-corrected chi connectivity index (χ2v) is 5.66. The van der Waals surface area contributed by atoms with E-state index in [1.54, 1.807) is 0 Å².